The molecule has 2 rings (SSSR count). The fourth-order valence-corrected chi connectivity index (χ4v) is 3.52. The monoisotopic (exact) mass is 329 g/mol. The van der Waals surface area contributed by atoms with Crippen molar-refractivity contribution in [3.8, 4) is 5.75 Å². The summed E-state index contributed by atoms with van der Waals surface area (Å²) in [7, 11) is -3.71. The van der Waals surface area contributed by atoms with E-state index in [1.807, 2.05) is 16.8 Å². The van der Waals surface area contributed by atoms with Crippen molar-refractivity contribution in [1.29, 1.82) is 0 Å². The van der Waals surface area contributed by atoms with Gasteiger partial charge in [-0.2, -0.15) is 11.3 Å². The summed E-state index contributed by atoms with van der Waals surface area (Å²) in [6.45, 7) is 2.33. The lowest BCUT2D eigenvalue weighted by molar-refractivity contribution is 0.321. The molecule has 7 heteroatoms. The Bertz CT molecular complexity index is 684. The third-order valence-corrected chi connectivity index (χ3v) is 4.99. The third kappa shape index (κ3) is 4.26. The molecule has 0 radical (unpaired) electrons. The first-order chi connectivity index (χ1) is 10.0. The van der Waals surface area contributed by atoms with Gasteiger partial charge < -0.3 is 4.74 Å². The summed E-state index contributed by atoms with van der Waals surface area (Å²) < 4.78 is 45.3. The van der Waals surface area contributed by atoms with Crippen LogP contribution in [0.5, 0.6) is 5.75 Å². The normalized spacial score (nSPS) is 11.5. The van der Waals surface area contributed by atoms with E-state index < -0.39 is 15.8 Å². The zero-order valence-electron chi connectivity index (χ0n) is 11.5. The molecule has 0 unspecified atom stereocenters. The highest BCUT2D eigenvalue weighted by Gasteiger charge is 2.16. The van der Waals surface area contributed by atoms with Crippen LogP contribution in [0, 0.1) is 5.82 Å². The number of hydrogen-bond acceptors (Lipinski definition) is 4. The Labute approximate surface area is 127 Å². The number of rotatable bonds is 7. The van der Waals surface area contributed by atoms with E-state index in [1.165, 1.54) is 12.1 Å². The Hall–Kier alpha value is -1.44. The van der Waals surface area contributed by atoms with E-state index in [2.05, 4.69) is 4.72 Å². The SMILES string of the molecule is CCOc1ccc(S(=O)(=O)NCCc2ccsc2)cc1F. The molecule has 0 aliphatic carbocycles. The first-order valence-electron chi connectivity index (χ1n) is 6.46. The lowest BCUT2D eigenvalue weighted by Gasteiger charge is -2.09. The van der Waals surface area contributed by atoms with Crippen LogP contribution in [0.2, 0.25) is 0 Å². The molecule has 0 amide bonds. The van der Waals surface area contributed by atoms with E-state index in [-0.39, 0.29) is 17.2 Å². The minimum atomic E-state index is -3.71. The maximum Gasteiger partial charge on any atom is 0.240 e. The summed E-state index contributed by atoms with van der Waals surface area (Å²) in [6.07, 6.45) is 0.599. The molecule has 4 nitrogen and oxygen atoms in total. The highest BCUT2D eigenvalue weighted by molar-refractivity contribution is 7.89. The third-order valence-electron chi connectivity index (χ3n) is 2.80. The largest absolute Gasteiger partial charge is 0.491 e. The van der Waals surface area contributed by atoms with Crippen molar-refractivity contribution in [2.45, 2.75) is 18.2 Å². The fraction of sp³-hybridized carbons (Fsp3) is 0.286. The highest BCUT2D eigenvalue weighted by Crippen LogP contribution is 2.21. The van der Waals surface area contributed by atoms with Crippen molar-refractivity contribution < 1.29 is 17.5 Å². The van der Waals surface area contributed by atoms with Crippen LogP contribution >= 0.6 is 11.3 Å². The second kappa shape index (κ2) is 7.02. The molecular formula is C14H16FNO3S2. The van der Waals surface area contributed by atoms with Gasteiger partial charge in [0.2, 0.25) is 10.0 Å². The van der Waals surface area contributed by atoms with Gasteiger partial charge in [0.05, 0.1) is 11.5 Å². The molecule has 0 aliphatic heterocycles. The standard InChI is InChI=1S/C14H16FNO3S2/c1-2-19-14-4-3-12(9-13(14)15)21(17,18)16-7-5-11-6-8-20-10-11/h3-4,6,8-10,16H,2,5,7H2,1H3. The van der Waals surface area contributed by atoms with Gasteiger partial charge in [-0.3, -0.25) is 0 Å². The van der Waals surface area contributed by atoms with E-state index in [0.717, 1.165) is 11.6 Å². The molecular weight excluding hydrogens is 313 g/mol. The number of ether oxygens (including phenoxy) is 1. The number of hydrogen-bond donors (Lipinski definition) is 1. The molecule has 0 saturated carbocycles. The Balaban J connectivity index is 2.03. The molecule has 0 fully saturated rings. The summed E-state index contributed by atoms with van der Waals surface area (Å²) in [5.74, 6) is -0.632. The summed E-state index contributed by atoms with van der Waals surface area (Å²) in [6, 6.07) is 5.57. The molecule has 0 aliphatic rings. The number of thiophene rings is 1. The quantitative estimate of drug-likeness (QED) is 0.850. The second-order valence-corrected chi connectivity index (χ2v) is 6.85. The van der Waals surface area contributed by atoms with Gasteiger partial charge in [0.15, 0.2) is 11.6 Å². The van der Waals surface area contributed by atoms with Crippen LogP contribution in [0.3, 0.4) is 0 Å². The lowest BCUT2D eigenvalue weighted by Crippen LogP contribution is -2.26. The van der Waals surface area contributed by atoms with Crippen LogP contribution in [-0.4, -0.2) is 21.6 Å². The van der Waals surface area contributed by atoms with E-state index in [0.29, 0.717) is 13.0 Å². The predicted octanol–water partition coefficient (Wildman–Crippen LogP) is 2.81. The van der Waals surface area contributed by atoms with Crippen LogP contribution in [0.4, 0.5) is 4.39 Å². The minimum absolute atomic E-state index is 0.0507. The Morgan fingerprint density at radius 2 is 2.14 bits per heavy atom. The van der Waals surface area contributed by atoms with E-state index in [1.54, 1.807) is 18.3 Å². The van der Waals surface area contributed by atoms with Gasteiger partial charge >= 0.3 is 0 Å². The van der Waals surface area contributed by atoms with Crippen molar-refractivity contribution in [2.24, 2.45) is 0 Å². The van der Waals surface area contributed by atoms with Crippen LogP contribution in [0.25, 0.3) is 0 Å². The zero-order chi connectivity index (χ0) is 15.3. The molecule has 0 saturated heterocycles. The summed E-state index contributed by atoms with van der Waals surface area (Å²) >= 11 is 1.56. The molecule has 0 bridgehead atoms. The van der Waals surface area contributed by atoms with E-state index in [4.69, 9.17) is 4.74 Å². The van der Waals surface area contributed by atoms with Gasteiger partial charge in [-0.05, 0) is 53.9 Å². The van der Waals surface area contributed by atoms with E-state index >= 15 is 0 Å². The molecule has 1 aromatic carbocycles. The Kier molecular flexibility index (Phi) is 5.33. The van der Waals surface area contributed by atoms with Crippen LogP contribution < -0.4 is 9.46 Å². The molecule has 1 N–H and O–H groups in total. The molecule has 2 aromatic rings. The van der Waals surface area contributed by atoms with Crippen molar-refractivity contribution in [2.75, 3.05) is 13.2 Å². The molecule has 0 atom stereocenters. The van der Waals surface area contributed by atoms with Crippen LogP contribution in [-0.2, 0) is 16.4 Å². The predicted molar refractivity (Wildman–Crippen MR) is 80.8 cm³/mol. The Morgan fingerprint density at radius 1 is 1.33 bits per heavy atom. The smallest absolute Gasteiger partial charge is 0.240 e. The van der Waals surface area contributed by atoms with Gasteiger partial charge in [-0.25, -0.2) is 17.5 Å². The summed E-state index contributed by atoms with van der Waals surface area (Å²) in [4.78, 5) is -0.103. The van der Waals surface area contributed by atoms with E-state index in [9.17, 15) is 12.8 Å². The second-order valence-electron chi connectivity index (χ2n) is 4.30. The van der Waals surface area contributed by atoms with Crippen LogP contribution in [0.1, 0.15) is 12.5 Å². The van der Waals surface area contributed by atoms with Gasteiger partial charge in [0, 0.05) is 6.54 Å². The minimum Gasteiger partial charge on any atom is -0.491 e. The maximum atomic E-state index is 13.7. The summed E-state index contributed by atoms with van der Waals surface area (Å²) in [5, 5.41) is 3.90. The molecule has 1 aromatic heterocycles. The zero-order valence-corrected chi connectivity index (χ0v) is 13.1. The number of halogens is 1. The van der Waals surface area contributed by atoms with Crippen LogP contribution in [0.15, 0.2) is 39.9 Å². The molecule has 0 spiro atoms. The van der Waals surface area contributed by atoms with Gasteiger partial charge in [-0.1, -0.05) is 0 Å². The number of sulfonamides is 1. The van der Waals surface area contributed by atoms with Crippen molar-refractivity contribution in [3.63, 3.8) is 0 Å². The first-order valence-corrected chi connectivity index (χ1v) is 8.88. The van der Waals surface area contributed by atoms with Crippen molar-refractivity contribution >= 4 is 21.4 Å². The Morgan fingerprint density at radius 3 is 2.76 bits per heavy atom. The topological polar surface area (TPSA) is 55.4 Å². The van der Waals surface area contributed by atoms with Gasteiger partial charge in [0.25, 0.3) is 0 Å². The van der Waals surface area contributed by atoms with Gasteiger partial charge in [-0.15, -0.1) is 0 Å². The average Bonchev–Trinajstić information content (AvgIpc) is 2.94. The van der Waals surface area contributed by atoms with Crippen molar-refractivity contribution in [1.82, 2.24) is 4.72 Å². The fourth-order valence-electron chi connectivity index (χ4n) is 1.77. The van der Waals surface area contributed by atoms with Crippen molar-refractivity contribution in [3.05, 3.63) is 46.4 Å². The average molecular weight is 329 g/mol. The molecule has 114 valence electrons. The van der Waals surface area contributed by atoms with Gasteiger partial charge in [0.1, 0.15) is 0 Å². The first kappa shape index (κ1) is 15.9. The molecule has 1 heterocycles. The number of nitrogens with one attached hydrogen (secondary N) is 1. The summed E-state index contributed by atoms with van der Waals surface area (Å²) in [5.41, 5.74) is 1.07. The lowest BCUT2D eigenvalue weighted by atomic mass is 10.2. The molecule has 21 heavy (non-hydrogen) atoms. The highest BCUT2D eigenvalue weighted by atomic mass is 32.2. The maximum absolute atomic E-state index is 13.7. The number of benzene rings is 1.